The number of rotatable bonds is 2. The van der Waals surface area contributed by atoms with Gasteiger partial charge in [0.05, 0.1) is 0 Å². The van der Waals surface area contributed by atoms with Gasteiger partial charge in [0.1, 0.15) is 0 Å². The van der Waals surface area contributed by atoms with Crippen LogP contribution in [0.4, 0.5) is 0 Å². The second kappa shape index (κ2) is 6.41. The van der Waals surface area contributed by atoms with Gasteiger partial charge in [-0.2, -0.15) is 0 Å². The highest BCUT2D eigenvalue weighted by atomic mass is 14.2. The van der Waals surface area contributed by atoms with Crippen molar-refractivity contribution in [2.75, 3.05) is 0 Å². The van der Waals surface area contributed by atoms with E-state index in [9.17, 15) is 0 Å². The maximum atomic E-state index is 2.26. The van der Waals surface area contributed by atoms with Crippen LogP contribution in [0.1, 0.15) is 5.56 Å². The van der Waals surface area contributed by atoms with Crippen LogP contribution in [0.25, 0.3) is 43.8 Å². The molecule has 0 aliphatic carbocycles. The van der Waals surface area contributed by atoms with Gasteiger partial charge in [-0.25, -0.2) is 0 Å². The molecule has 0 heteroatoms. The van der Waals surface area contributed by atoms with Gasteiger partial charge in [0, 0.05) is 0 Å². The molecule has 0 fully saturated rings. The number of benzene rings is 5. The highest BCUT2D eigenvalue weighted by Crippen LogP contribution is 2.43. The first-order chi connectivity index (χ1) is 13.3. The zero-order valence-corrected chi connectivity index (χ0v) is 15.3. The first kappa shape index (κ1) is 15.8. The van der Waals surface area contributed by atoms with Gasteiger partial charge in [-0.05, 0) is 56.3 Å². The molecule has 5 aromatic rings. The van der Waals surface area contributed by atoms with E-state index in [2.05, 4.69) is 110 Å². The molecule has 0 saturated heterocycles. The number of fused-ring (bicyclic) bond motifs is 2. The topological polar surface area (TPSA) is 0 Å². The summed E-state index contributed by atoms with van der Waals surface area (Å²) in [6.07, 6.45) is 0. The molecule has 0 unspecified atom stereocenters. The predicted molar refractivity (Wildman–Crippen MR) is 117 cm³/mol. The highest BCUT2D eigenvalue weighted by Gasteiger charge is 2.16. The van der Waals surface area contributed by atoms with E-state index in [-0.39, 0.29) is 0 Å². The SMILES string of the molecule is Cc1ccccc1-c1c2ccccc2c(-c2ccccc2)c2ccccc12. The fourth-order valence-electron chi connectivity index (χ4n) is 4.19. The zero-order valence-electron chi connectivity index (χ0n) is 15.3. The van der Waals surface area contributed by atoms with Crippen molar-refractivity contribution in [3.63, 3.8) is 0 Å². The number of aryl methyl sites for hydroxylation is 1. The van der Waals surface area contributed by atoms with E-state index in [0.29, 0.717) is 0 Å². The Morgan fingerprint density at radius 3 is 1.41 bits per heavy atom. The third-order valence-corrected chi connectivity index (χ3v) is 5.41. The monoisotopic (exact) mass is 344 g/mol. The van der Waals surface area contributed by atoms with Crippen molar-refractivity contribution in [1.82, 2.24) is 0 Å². The van der Waals surface area contributed by atoms with Crippen molar-refractivity contribution in [3.05, 3.63) is 109 Å². The molecule has 27 heavy (non-hydrogen) atoms. The summed E-state index contributed by atoms with van der Waals surface area (Å²) in [6.45, 7) is 2.20. The Labute approximate surface area is 159 Å². The highest BCUT2D eigenvalue weighted by molar-refractivity contribution is 6.21. The Balaban J connectivity index is 2.03. The predicted octanol–water partition coefficient (Wildman–Crippen LogP) is 7.64. The summed E-state index contributed by atoms with van der Waals surface area (Å²) >= 11 is 0. The Bertz CT molecular complexity index is 1210. The summed E-state index contributed by atoms with van der Waals surface area (Å²) in [5.74, 6) is 0. The van der Waals surface area contributed by atoms with Crippen LogP contribution in [0.5, 0.6) is 0 Å². The van der Waals surface area contributed by atoms with Gasteiger partial charge in [0.25, 0.3) is 0 Å². The summed E-state index contributed by atoms with van der Waals surface area (Å²) in [5, 5.41) is 5.23. The first-order valence-electron chi connectivity index (χ1n) is 9.39. The van der Waals surface area contributed by atoms with Crippen LogP contribution in [0.2, 0.25) is 0 Å². The Morgan fingerprint density at radius 2 is 0.852 bits per heavy atom. The summed E-state index contributed by atoms with van der Waals surface area (Å²) in [6, 6.07) is 37.0. The fourth-order valence-corrected chi connectivity index (χ4v) is 4.19. The first-order valence-corrected chi connectivity index (χ1v) is 9.39. The van der Waals surface area contributed by atoms with Crippen LogP contribution >= 0.6 is 0 Å². The van der Waals surface area contributed by atoms with E-state index in [0.717, 1.165) is 0 Å². The molecule has 0 aliphatic heterocycles. The van der Waals surface area contributed by atoms with Crippen LogP contribution in [-0.4, -0.2) is 0 Å². The average Bonchev–Trinajstić information content (AvgIpc) is 2.73. The van der Waals surface area contributed by atoms with Crippen molar-refractivity contribution >= 4 is 21.5 Å². The molecule has 0 spiro atoms. The Kier molecular flexibility index (Phi) is 3.76. The molecule has 128 valence electrons. The lowest BCUT2D eigenvalue weighted by molar-refractivity contribution is 1.47. The van der Waals surface area contributed by atoms with Crippen molar-refractivity contribution in [2.45, 2.75) is 6.92 Å². The molecule has 0 N–H and O–H groups in total. The second-order valence-electron chi connectivity index (χ2n) is 7.02. The average molecular weight is 344 g/mol. The van der Waals surface area contributed by atoms with Crippen molar-refractivity contribution in [3.8, 4) is 22.3 Å². The molecule has 0 heterocycles. The van der Waals surface area contributed by atoms with Gasteiger partial charge in [-0.3, -0.25) is 0 Å². The summed E-state index contributed by atoms with van der Waals surface area (Å²) in [7, 11) is 0. The van der Waals surface area contributed by atoms with E-state index in [4.69, 9.17) is 0 Å². The van der Waals surface area contributed by atoms with E-state index < -0.39 is 0 Å². The quantitative estimate of drug-likeness (QED) is 0.289. The van der Waals surface area contributed by atoms with Crippen LogP contribution in [-0.2, 0) is 0 Å². The summed E-state index contributed by atoms with van der Waals surface area (Å²) in [5.41, 5.74) is 6.53. The molecular formula is C27H20. The molecule has 0 aromatic heterocycles. The van der Waals surface area contributed by atoms with E-state index in [1.807, 2.05) is 0 Å². The van der Waals surface area contributed by atoms with Crippen LogP contribution in [0.3, 0.4) is 0 Å². The van der Waals surface area contributed by atoms with E-state index >= 15 is 0 Å². The number of hydrogen-bond acceptors (Lipinski definition) is 0. The molecule has 0 nitrogen and oxygen atoms in total. The van der Waals surface area contributed by atoms with Gasteiger partial charge < -0.3 is 0 Å². The molecular weight excluding hydrogens is 324 g/mol. The minimum Gasteiger partial charge on any atom is -0.0622 e. The molecule has 5 aromatic carbocycles. The molecule has 0 atom stereocenters. The van der Waals surface area contributed by atoms with Crippen molar-refractivity contribution in [1.29, 1.82) is 0 Å². The molecule has 0 bridgehead atoms. The van der Waals surface area contributed by atoms with Crippen LogP contribution < -0.4 is 0 Å². The summed E-state index contributed by atoms with van der Waals surface area (Å²) < 4.78 is 0. The van der Waals surface area contributed by atoms with Crippen LogP contribution in [0, 0.1) is 6.92 Å². The third-order valence-electron chi connectivity index (χ3n) is 5.41. The molecule has 5 rings (SSSR count). The lowest BCUT2D eigenvalue weighted by Gasteiger charge is -2.18. The zero-order chi connectivity index (χ0) is 18.2. The maximum absolute atomic E-state index is 2.26. The van der Waals surface area contributed by atoms with Gasteiger partial charge in [0.15, 0.2) is 0 Å². The van der Waals surface area contributed by atoms with E-state index in [1.165, 1.54) is 49.4 Å². The molecule has 0 amide bonds. The van der Waals surface area contributed by atoms with Crippen molar-refractivity contribution < 1.29 is 0 Å². The summed E-state index contributed by atoms with van der Waals surface area (Å²) in [4.78, 5) is 0. The van der Waals surface area contributed by atoms with Crippen LogP contribution in [0.15, 0.2) is 103 Å². The smallest absolute Gasteiger partial charge is 0.00237 e. The van der Waals surface area contributed by atoms with Gasteiger partial charge in [0.2, 0.25) is 0 Å². The Hall–Kier alpha value is -3.38. The third kappa shape index (κ3) is 2.53. The normalized spacial score (nSPS) is 11.1. The largest absolute Gasteiger partial charge is 0.0622 e. The molecule has 0 aliphatic rings. The standard InChI is InChI=1S/C27H20/c1-19-11-5-6-14-21(19)27-24-17-9-7-15-22(24)26(20-12-3-2-4-13-20)23-16-8-10-18-25(23)27/h2-18H,1H3. The Morgan fingerprint density at radius 1 is 0.407 bits per heavy atom. The fraction of sp³-hybridized carbons (Fsp3) is 0.0370. The lowest BCUT2D eigenvalue weighted by Crippen LogP contribution is -1.91. The van der Waals surface area contributed by atoms with Gasteiger partial charge in [-0.1, -0.05) is 103 Å². The minimum atomic E-state index is 1.27. The van der Waals surface area contributed by atoms with Crippen molar-refractivity contribution in [2.24, 2.45) is 0 Å². The maximum Gasteiger partial charge on any atom is -0.00237 e. The molecule has 0 radical (unpaired) electrons. The van der Waals surface area contributed by atoms with Gasteiger partial charge >= 0.3 is 0 Å². The van der Waals surface area contributed by atoms with Gasteiger partial charge in [-0.15, -0.1) is 0 Å². The molecule has 0 saturated carbocycles. The lowest BCUT2D eigenvalue weighted by atomic mass is 9.85. The minimum absolute atomic E-state index is 1.27. The van der Waals surface area contributed by atoms with E-state index in [1.54, 1.807) is 0 Å². The second-order valence-corrected chi connectivity index (χ2v) is 7.02. The number of hydrogen-bond donors (Lipinski definition) is 0.